The van der Waals surface area contributed by atoms with Crippen LogP contribution in [0.5, 0.6) is 5.75 Å². The summed E-state index contributed by atoms with van der Waals surface area (Å²) in [5, 5.41) is 7.11. The Kier molecular flexibility index (Phi) is 5.84. The molecule has 0 saturated carbocycles. The van der Waals surface area contributed by atoms with E-state index in [1.165, 1.54) is 0 Å². The van der Waals surface area contributed by atoms with Gasteiger partial charge in [-0.25, -0.2) is 15.0 Å². The van der Waals surface area contributed by atoms with Crippen LogP contribution in [0.3, 0.4) is 0 Å². The minimum absolute atomic E-state index is 0.175. The molecule has 156 valence electrons. The number of nitrogens with zero attached hydrogens (tertiary/aromatic N) is 4. The van der Waals surface area contributed by atoms with E-state index in [1.54, 1.807) is 25.7 Å². The molecule has 0 fully saturated rings. The molecular formula is C22H21N7O2. The van der Waals surface area contributed by atoms with Crippen molar-refractivity contribution in [3.05, 3.63) is 61.1 Å². The average molecular weight is 415 g/mol. The second-order valence-electron chi connectivity index (χ2n) is 6.70. The van der Waals surface area contributed by atoms with Crippen molar-refractivity contribution in [2.24, 2.45) is 5.73 Å². The number of methoxy groups -OCH3 is 1. The summed E-state index contributed by atoms with van der Waals surface area (Å²) in [5.41, 5.74) is 7.58. The number of nitrogens with two attached hydrogens (primary N) is 1. The molecule has 9 nitrogen and oxygen atoms in total. The molecular weight excluding hydrogens is 394 g/mol. The van der Waals surface area contributed by atoms with Crippen LogP contribution in [0.2, 0.25) is 0 Å². The molecule has 0 radical (unpaired) electrons. The number of carbonyl (C=O) groups is 1. The highest BCUT2D eigenvalue weighted by Gasteiger charge is 2.15. The lowest BCUT2D eigenvalue weighted by Crippen LogP contribution is -2.16. The summed E-state index contributed by atoms with van der Waals surface area (Å²) in [5.74, 6) is 1.83. The average Bonchev–Trinajstić information content (AvgIpc) is 2.79. The van der Waals surface area contributed by atoms with Crippen molar-refractivity contribution in [3.8, 4) is 17.1 Å². The molecule has 0 saturated heterocycles. The Morgan fingerprint density at radius 3 is 2.74 bits per heavy atom. The summed E-state index contributed by atoms with van der Waals surface area (Å²) in [6.07, 6.45) is 5.11. The van der Waals surface area contributed by atoms with Gasteiger partial charge in [0.15, 0.2) is 5.82 Å². The zero-order chi connectivity index (χ0) is 21.6. The fourth-order valence-corrected chi connectivity index (χ4v) is 3.08. The van der Waals surface area contributed by atoms with Crippen molar-refractivity contribution in [2.45, 2.75) is 6.42 Å². The Labute approximate surface area is 178 Å². The number of anilines is 3. The Morgan fingerprint density at radius 1 is 1.13 bits per heavy atom. The molecule has 3 aromatic heterocycles. The highest BCUT2D eigenvalue weighted by Crippen LogP contribution is 2.31. The van der Waals surface area contributed by atoms with E-state index in [-0.39, 0.29) is 6.42 Å². The first-order chi connectivity index (χ1) is 15.1. The molecule has 0 aliphatic heterocycles. The molecule has 0 bridgehead atoms. The standard InChI is InChI=1S/C22H21N7O2/c1-31-17-13-24-12-16-20(17)22(26-10-8-18(23)30)29-21(28-16)14-7-9-25-19(11-14)27-15-5-3-2-4-6-15/h2-7,9,11-13H,8,10H2,1H3,(H2,23,30)(H,25,27)(H,26,28,29). The molecule has 0 aliphatic carbocycles. The third-order valence-electron chi connectivity index (χ3n) is 4.52. The van der Waals surface area contributed by atoms with E-state index in [0.717, 1.165) is 11.3 Å². The van der Waals surface area contributed by atoms with Crippen LogP contribution in [0, 0.1) is 0 Å². The van der Waals surface area contributed by atoms with E-state index in [1.807, 2.05) is 42.5 Å². The quantitative estimate of drug-likeness (QED) is 0.400. The third-order valence-corrected chi connectivity index (χ3v) is 4.52. The molecule has 4 rings (SSSR count). The number of amides is 1. The number of benzene rings is 1. The van der Waals surface area contributed by atoms with Crippen LogP contribution in [-0.4, -0.2) is 39.5 Å². The van der Waals surface area contributed by atoms with Crippen molar-refractivity contribution < 1.29 is 9.53 Å². The van der Waals surface area contributed by atoms with Gasteiger partial charge in [-0.1, -0.05) is 18.2 Å². The number of carbonyl (C=O) groups excluding carboxylic acids is 1. The van der Waals surface area contributed by atoms with Gasteiger partial charge in [-0.05, 0) is 24.3 Å². The van der Waals surface area contributed by atoms with E-state index in [2.05, 4.69) is 30.6 Å². The second kappa shape index (κ2) is 9.04. The predicted molar refractivity (Wildman–Crippen MR) is 119 cm³/mol. The SMILES string of the molecule is COc1cncc2nc(-c3ccnc(Nc4ccccc4)c3)nc(NCCC(N)=O)c12. The molecule has 0 unspecified atom stereocenters. The first-order valence-corrected chi connectivity index (χ1v) is 9.64. The largest absolute Gasteiger partial charge is 0.494 e. The molecule has 4 N–H and O–H groups in total. The van der Waals surface area contributed by atoms with Crippen LogP contribution < -0.4 is 21.1 Å². The first-order valence-electron chi connectivity index (χ1n) is 9.64. The van der Waals surface area contributed by atoms with Crippen molar-refractivity contribution in [2.75, 3.05) is 24.3 Å². The molecule has 1 aromatic carbocycles. The smallest absolute Gasteiger partial charge is 0.219 e. The molecule has 0 atom stereocenters. The van der Waals surface area contributed by atoms with Crippen molar-refractivity contribution in [1.82, 2.24) is 19.9 Å². The molecule has 3 heterocycles. The summed E-state index contributed by atoms with van der Waals surface area (Å²) in [6, 6.07) is 13.5. The van der Waals surface area contributed by atoms with Crippen molar-refractivity contribution >= 4 is 34.1 Å². The van der Waals surface area contributed by atoms with Crippen molar-refractivity contribution in [3.63, 3.8) is 0 Å². The number of rotatable bonds is 8. The number of hydrogen-bond donors (Lipinski definition) is 3. The van der Waals surface area contributed by atoms with Gasteiger partial charge < -0.3 is 21.1 Å². The summed E-state index contributed by atoms with van der Waals surface area (Å²) in [7, 11) is 1.56. The van der Waals surface area contributed by atoms with Crippen LogP contribution in [-0.2, 0) is 4.79 Å². The van der Waals surface area contributed by atoms with Gasteiger partial charge in [0.05, 0.1) is 30.4 Å². The fourth-order valence-electron chi connectivity index (χ4n) is 3.08. The minimum Gasteiger partial charge on any atom is -0.494 e. The van der Waals surface area contributed by atoms with Crippen LogP contribution in [0.25, 0.3) is 22.3 Å². The lowest BCUT2D eigenvalue weighted by Gasteiger charge is -2.13. The molecule has 0 aliphatic rings. The van der Waals surface area contributed by atoms with Crippen LogP contribution in [0.15, 0.2) is 61.1 Å². The molecule has 31 heavy (non-hydrogen) atoms. The van der Waals surface area contributed by atoms with Gasteiger partial charge in [0.25, 0.3) is 0 Å². The second-order valence-corrected chi connectivity index (χ2v) is 6.70. The van der Waals surface area contributed by atoms with Gasteiger partial charge in [0.1, 0.15) is 17.4 Å². The van der Waals surface area contributed by atoms with Gasteiger partial charge in [0.2, 0.25) is 5.91 Å². The van der Waals surface area contributed by atoms with Gasteiger partial charge >= 0.3 is 0 Å². The van der Waals surface area contributed by atoms with Gasteiger partial charge in [-0.2, -0.15) is 0 Å². The Morgan fingerprint density at radius 2 is 1.97 bits per heavy atom. The lowest BCUT2D eigenvalue weighted by atomic mass is 10.2. The van der Waals surface area contributed by atoms with E-state index < -0.39 is 5.91 Å². The normalized spacial score (nSPS) is 10.6. The summed E-state index contributed by atoms with van der Waals surface area (Å²) in [4.78, 5) is 29.1. The summed E-state index contributed by atoms with van der Waals surface area (Å²) < 4.78 is 5.43. The number of hydrogen-bond acceptors (Lipinski definition) is 8. The maximum absolute atomic E-state index is 11.2. The fraction of sp³-hybridized carbons (Fsp3) is 0.136. The van der Waals surface area contributed by atoms with Gasteiger partial charge in [0, 0.05) is 30.4 Å². The highest BCUT2D eigenvalue weighted by molar-refractivity contribution is 5.95. The number of nitrogens with one attached hydrogen (secondary N) is 2. The van der Waals surface area contributed by atoms with Crippen LogP contribution in [0.1, 0.15) is 6.42 Å². The molecule has 4 aromatic rings. The zero-order valence-corrected chi connectivity index (χ0v) is 16.9. The lowest BCUT2D eigenvalue weighted by molar-refractivity contribution is -0.117. The Bertz CT molecular complexity index is 1220. The third kappa shape index (κ3) is 4.67. The highest BCUT2D eigenvalue weighted by atomic mass is 16.5. The first kappa shape index (κ1) is 20.0. The number of ether oxygens (including phenoxy) is 1. The molecule has 1 amide bonds. The van der Waals surface area contributed by atoms with E-state index in [9.17, 15) is 4.79 Å². The van der Waals surface area contributed by atoms with E-state index in [0.29, 0.717) is 40.7 Å². The predicted octanol–water partition coefficient (Wildman–Crippen LogP) is 3.13. The molecule has 9 heteroatoms. The molecule has 0 spiro atoms. The van der Waals surface area contributed by atoms with Crippen LogP contribution >= 0.6 is 0 Å². The number of para-hydroxylation sites is 1. The maximum atomic E-state index is 11.2. The van der Waals surface area contributed by atoms with E-state index >= 15 is 0 Å². The van der Waals surface area contributed by atoms with Crippen LogP contribution in [0.4, 0.5) is 17.3 Å². The van der Waals surface area contributed by atoms with Gasteiger partial charge in [-0.3, -0.25) is 9.78 Å². The Hall–Kier alpha value is -4.27. The number of pyridine rings is 2. The summed E-state index contributed by atoms with van der Waals surface area (Å²) in [6.45, 7) is 0.337. The minimum atomic E-state index is -0.398. The number of fused-ring (bicyclic) bond motifs is 1. The van der Waals surface area contributed by atoms with Gasteiger partial charge in [-0.15, -0.1) is 0 Å². The number of primary amides is 1. The van der Waals surface area contributed by atoms with Crippen molar-refractivity contribution in [1.29, 1.82) is 0 Å². The van der Waals surface area contributed by atoms with E-state index in [4.69, 9.17) is 10.5 Å². The summed E-state index contributed by atoms with van der Waals surface area (Å²) >= 11 is 0. The number of aromatic nitrogens is 4. The topological polar surface area (TPSA) is 128 Å². The zero-order valence-electron chi connectivity index (χ0n) is 16.9. The monoisotopic (exact) mass is 415 g/mol. The maximum Gasteiger partial charge on any atom is 0.219 e. The Balaban J connectivity index is 1.73.